The highest BCUT2D eigenvalue weighted by atomic mass is 15.1. The van der Waals surface area contributed by atoms with E-state index in [0.717, 1.165) is 30.0 Å². The molecule has 0 bridgehead atoms. The van der Waals surface area contributed by atoms with Crippen LogP contribution in [-0.2, 0) is 6.42 Å². The Hall–Kier alpha value is -3.39. The fourth-order valence-electron chi connectivity index (χ4n) is 3.49. The standard InChI is InChI=1S/C21H19N5/c1-23-20-18-12-11-17(15-5-3-2-4-6-15)19(18)25-21(26-20)24-16-9-7-14(13-22)8-10-16/h2-10,17H,11-12H2,1H3,(H2,23,24,25,26). The number of anilines is 3. The van der Waals surface area contributed by atoms with Crippen LogP contribution in [0.2, 0.25) is 0 Å². The van der Waals surface area contributed by atoms with Crippen LogP contribution in [0, 0.1) is 11.3 Å². The molecule has 1 aromatic heterocycles. The van der Waals surface area contributed by atoms with Crippen LogP contribution < -0.4 is 10.6 Å². The summed E-state index contributed by atoms with van der Waals surface area (Å²) in [6, 6.07) is 19.9. The molecule has 0 spiro atoms. The molecular formula is C21H19N5. The molecular weight excluding hydrogens is 322 g/mol. The maximum Gasteiger partial charge on any atom is 0.229 e. The van der Waals surface area contributed by atoms with E-state index in [1.807, 2.05) is 25.2 Å². The zero-order valence-corrected chi connectivity index (χ0v) is 14.5. The largest absolute Gasteiger partial charge is 0.373 e. The Morgan fingerprint density at radius 1 is 1.04 bits per heavy atom. The minimum absolute atomic E-state index is 0.294. The quantitative estimate of drug-likeness (QED) is 0.743. The van der Waals surface area contributed by atoms with Gasteiger partial charge in [-0.2, -0.15) is 10.2 Å². The number of nitrogens with one attached hydrogen (secondary N) is 2. The smallest absolute Gasteiger partial charge is 0.229 e. The zero-order chi connectivity index (χ0) is 17.9. The van der Waals surface area contributed by atoms with Crippen molar-refractivity contribution >= 4 is 17.5 Å². The van der Waals surface area contributed by atoms with Crippen molar-refractivity contribution in [3.8, 4) is 6.07 Å². The van der Waals surface area contributed by atoms with Crippen molar-refractivity contribution < 1.29 is 0 Å². The molecule has 0 radical (unpaired) electrons. The van der Waals surface area contributed by atoms with Crippen LogP contribution in [0.1, 0.15) is 34.7 Å². The molecule has 2 aromatic carbocycles. The topological polar surface area (TPSA) is 73.6 Å². The molecule has 128 valence electrons. The normalized spacial score (nSPS) is 15.2. The lowest BCUT2D eigenvalue weighted by atomic mass is 9.97. The van der Waals surface area contributed by atoms with Gasteiger partial charge in [0.05, 0.1) is 17.3 Å². The first-order chi connectivity index (χ1) is 12.8. The Balaban J connectivity index is 1.70. The van der Waals surface area contributed by atoms with E-state index in [1.54, 1.807) is 12.1 Å². The first-order valence-corrected chi connectivity index (χ1v) is 8.69. The Morgan fingerprint density at radius 3 is 2.50 bits per heavy atom. The van der Waals surface area contributed by atoms with Gasteiger partial charge >= 0.3 is 0 Å². The van der Waals surface area contributed by atoms with Crippen LogP contribution >= 0.6 is 0 Å². The molecule has 4 rings (SSSR count). The molecule has 2 N–H and O–H groups in total. The first-order valence-electron chi connectivity index (χ1n) is 8.69. The summed E-state index contributed by atoms with van der Waals surface area (Å²) in [7, 11) is 1.89. The van der Waals surface area contributed by atoms with Crippen molar-refractivity contribution in [3.05, 3.63) is 77.0 Å². The van der Waals surface area contributed by atoms with E-state index in [0.29, 0.717) is 17.4 Å². The molecule has 0 aliphatic heterocycles. The minimum Gasteiger partial charge on any atom is -0.373 e. The van der Waals surface area contributed by atoms with Crippen molar-refractivity contribution in [3.63, 3.8) is 0 Å². The number of rotatable bonds is 4. The number of fused-ring (bicyclic) bond motifs is 1. The summed E-state index contributed by atoms with van der Waals surface area (Å²) in [5.74, 6) is 1.74. The van der Waals surface area contributed by atoms with Crippen LogP contribution in [0.25, 0.3) is 0 Å². The molecule has 3 aromatic rings. The summed E-state index contributed by atoms with van der Waals surface area (Å²) in [6.07, 6.45) is 2.02. The molecule has 1 unspecified atom stereocenters. The SMILES string of the molecule is CNc1nc(Nc2ccc(C#N)cc2)nc2c1CCC2c1ccccc1. The van der Waals surface area contributed by atoms with Gasteiger partial charge in [0.25, 0.3) is 0 Å². The van der Waals surface area contributed by atoms with E-state index in [9.17, 15) is 0 Å². The fourth-order valence-corrected chi connectivity index (χ4v) is 3.49. The third-order valence-corrected chi connectivity index (χ3v) is 4.76. The van der Waals surface area contributed by atoms with E-state index in [1.165, 1.54) is 11.1 Å². The van der Waals surface area contributed by atoms with Gasteiger partial charge in [0.15, 0.2) is 0 Å². The van der Waals surface area contributed by atoms with Crippen LogP contribution in [-0.4, -0.2) is 17.0 Å². The second-order valence-corrected chi connectivity index (χ2v) is 6.33. The van der Waals surface area contributed by atoms with E-state index in [4.69, 9.17) is 10.2 Å². The van der Waals surface area contributed by atoms with Crippen molar-refractivity contribution in [2.45, 2.75) is 18.8 Å². The van der Waals surface area contributed by atoms with Gasteiger partial charge in [0.2, 0.25) is 5.95 Å². The predicted octanol–water partition coefficient (Wildman–Crippen LogP) is 4.21. The summed E-state index contributed by atoms with van der Waals surface area (Å²) in [4.78, 5) is 9.46. The lowest BCUT2D eigenvalue weighted by Crippen LogP contribution is -2.07. The van der Waals surface area contributed by atoms with Crippen molar-refractivity contribution in [1.29, 1.82) is 5.26 Å². The number of nitriles is 1. The van der Waals surface area contributed by atoms with Crippen molar-refractivity contribution in [2.75, 3.05) is 17.7 Å². The number of hydrogen-bond acceptors (Lipinski definition) is 5. The van der Waals surface area contributed by atoms with E-state index in [2.05, 4.69) is 46.0 Å². The van der Waals surface area contributed by atoms with Crippen LogP contribution in [0.4, 0.5) is 17.5 Å². The summed E-state index contributed by atoms with van der Waals surface area (Å²) in [5.41, 5.74) is 5.07. The highest BCUT2D eigenvalue weighted by Gasteiger charge is 2.29. The molecule has 0 saturated heterocycles. The monoisotopic (exact) mass is 341 g/mol. The lowest BCUT2D eigenvalue weighted by molar-refractivity contribution is 0.772. The van der Waals surface area contributed by atoms with E-state index in [-0.39, 0.29) is 0 Å². The average molecular weight is 341 g/mol. The molecule has 0 amide bonds. The fraction of sp³-hybridized carbons (Fsp3) is 0.190. The third-order valence-electron chi connectivity index (χ3n) is 4.76. The summed E-state index contributed by atoms with van der Waals surface area (Å²) in [6.45, 7) is 0. The Morgan fingerprint density at radius 2 is 1.81 bits per heavy atom. The van der Waals surface area contributed by atoms with Gasteiger partial charge in [-0.25, -0.2) is 4.98 Å². The second-order valence-electron chi connectivity index (χ2n) is 6.33. The van der Waals surface area contributed by atoms with Gasteiger partial charge in [-0.15, -0.1) is 0 Å². The summed E-state index contributed by atoms with van der Waals surface area (Å²) >= 11 is 0. The Labute approximate surface area is 152 Å². The zero-order valence-electron chi connectivity index (χ0n) is 14.5. The Kier molecular flexibility index (Phi) is 4.24. The predicted molar refractivity (Wildman–Crippen MR) is 103 cm³/mol. The maximum absolute atomic E-state index is 8.93. The molecule has 1 aliphatic rings. The van der Waals surface area contributed by atoms with Crippen LogP contribution in [0.3, 0.4) is 0 Å². The van der Waals surface area contributed by atoms with Gasteiger partial charge in [0.1, 0.15) is 5.82 Å². The number of aromatic nitrogens is 2. The highest BCUT2D eigenvalue weighted by molar-refractivity contribution is 5.60. The minimum atomic E-state index is 0.294. The molecule has 1 aliphatic carbocycles. The molecule has 1 atom stereocenters. The second kappa shape index (κ2) is 6.85. The van der Waals surface area contributed by atoms with Gasteiger partial charge in [-0.1, -0.05) is 30.3 Å². The average Bonchev–Trinajstić information content (AvgIpc) is 3.12. The lowest BCUT2D eigenvalue weighted by Gasteiger charge is -2.15. The van der Waals surface area contributed by atoms with Gasteiger partial charge in [-0.3, -0.25) is 0 Å². The number of nitrogens with zero attached hydrogens (tertiary/aromatic N) is 3. The van der Waals surface area contributed by atoms with Gasteiger partial charge in [0, 0.05) is 24.2 Å². The molecule has 26 heavy (non-hydrogen) atoms. The number of benzene rings is 2. The molecule has 0 fully saturated rings. The van der Waals surface area contributed by atoms with E-state index >= 15 is 0 Å². The Bertz CT molecular complexity index is 958. The maximum atomic E-state index is 8.93. The molecule has 5 heteroatoms. The molecule has 5 nitrogen and oxygen atoms in total. The van der Waals surface area contributed by atoms with Crippen LogP contribution in [0.5, 0.6) is 0 Å². The highest BCUT2D eigenvalue weighted by Crippen LogP contribution is 2.40. The van der Waals surface area contributed by atoms with Gasteiger partial charge in [-0.05, 0) is 42.7 Å². The van der Waals surface area contributed by atoms with Crippen LogP contribution in [0.15, 0.2) is 54.6 Å². The third kappa shape index (κ3) is 2.98. The summed E-state index contributed by atoms with van der Waals surface area (Å²) < 4.78 is 0. The molecule has 1 heterocycles. The van der Waals surface area contributed by atoms with Gasteiger partial charge < -0.3 is 10.6 Å². The first kappa shape index (κ1) is 16.1. The van der Waals surface area contributed by atoms with Crippen molar-refractivity contribution in [2.24, 2.45) is 0 Å². The van der Waals surface area contributed by atoms with Crippen molar-refractivity contribution in [1.82, 2.24) is 9.97 Å². The number of hydrogen-bond donors (Lipinski definition) is 2. The summed E-state index contributed by atoms with van der Waals surface area (Å²) in [5, 5.41) is 15.4. The van der Waals surface area contributed by atoms with E-state index < -0.39 is 0 Å². The molecule has 0 saturated carbocycles.